The first-order valence-corrected chi connectivity index (χ1v) is 20.3. The third kappa shape index (κ3) is 4.40. The molecule has 0 fully saturated rings. The van der Waals surface area contributed by atoms with E-state index in [1.165, 1.54) is 130 Å². The normalized spacial score (nSPS) is 12.1. The quantitative estimate of drug-likeness (QED) is 0.125. The molecular formula is C58H34. The van der Waals surface area contributed by atoms with Crippen molar-refractivity contribution in [2.24, 2.45) is 0 Å². The van der Waals surface area contributed by atoms with Crippen molar-refractivity contribution >= 4 is 97.0 Å². The average molecular weight is 731 g/mol. The summed E-state index contributed by atoms with van der Waals surface area (Å²) in [5.41, 5.74) is 7.49. The number of hydrogen-bond acceptors (Lipinski definition) is 0. The van der Waals surface area contributed by atoms with E-state index in [1.807, 2.05) is 0 Å². The molecule has 0 unspecified atom stereocenters. The first-order chi connectivity index (χ1) is 28.8. The predicted octanol–water partition coefficient (Wildman–Crippen LogP) is 16.5. The Kier molecular flexibility index (Phi) is 6.54. The molecule has 0 heterocycles. The van der Waals surface area contributed by atoms with Crippen LogP contribution in [0.3, 0.4) is 0 Å². The number of rotatable bonds is 3. The summed E-state index contributed by atoms with van der Waals surface area (Å²) >= 11 is 0. The standard InChI is InChI=1S/C58H34/c1-2-19-43-35(12-1)13-8-24-44(43)58-49-22-5-3-20-45(49)53(46-21-4-6-23-50(46)58)40-18-7-17-39(32-40)42-33-41-31-30-38-15-10-26-48-47-25-9-14-36-28-29-37-16-11-27-51(56(37)54(36)47)52(34-42)57(41)55(38)48/h1-34H. The molecule has 58 heavy (non-hydrogen) atoms. The summed E-state index contributed by atoms with van der Waals surface area (Å²) in [5, 5.41) is 23.2. The van der Waals surface area contributed by atoms with Crippen LogP contribution < -0.4 is 0 Å². The summed E-state index contributed by atoms with van der Waals surface area (Å²) in [7, 11) is 0. The Labute approximate surface area is 335 Å². The molecule has 13 aromatic rings. The molecule has 0 radical (unpaired) electrons. The van der Waals surface area contributed by atoms with E-state index in [4.69, 9.17) is 0 Å². The molecular weight excluding hydrogens is 697 g/mol. The van der Waals surface area contributed by atoms with Crippen LogP contribution in [0.4, 0.5) is 0 Å². The van der Waals surface area contributed by atoms with E-state index in [-0.39, 0.29) is 0 Å². The maximum Gasteiger partial charge on any atom is -0.00199 e. The van der Waals surface area contributed by atoms with Crippen molar-refractivity contribution in [2.75, 3.05) is 0 Å². The molecule has 0 saturated heterocycles. The van der Waals surface area contributed by atoms with Crippen molar-refractivity contribution in [3.05, 3.63) is 206 Å². The number of benzene rings is 12. The molecule has 0 N–H and O–H groups in total. The summed E-state index contributed by atoms with van der Waals surface area (Å²) in [5.74, 6) is 0. The van der Waals surface area contributed by atoms with Crippen LogP contribution >= 0.6 is 0 Å². The van der Waals surface area contributed by atoms with Crippen LogP contribution in [0, 0.1) is 0 Å². The molecule has 0 aromatic heterocycles. The molecule has 0 nitrogen and oxygen atoms in total. The Morgan fingerprint density at radius 1 is 0.190 bits per heavy atom. The number of fused-ring (bicyclic) bond motifs is 5. The summed E-state index contributed by atoms with van der Waals surface area (Å²) in [4.78, 5) is 0. The van der Waals surface area contributed by atoms with Gasteiger partial charge in [0, 0.05) is 0 Å². The lowest BCUT2D eigenvalue weighted by atomic mass is 9.84. The molecule has 0 aliphatic carbocycles. The minimum atomic E-state index is 1.21. The largest absolute Gasteiger partial charge is 0.0616 e. The van der Waals surface area contributed by atoms with Gasteiger partial charge in [-0.25, -0.2) is 0 Å². The van der Waals surface area contributed by atoms with Gasteiger partial charge in [-0.2, -0.15) is 0 Å². The fourth-order valence-electron chi connectivity index (χ4n) is 10.5. The molecule has 266 valence electrons. The molecule has 0 aliphatic heterocycles. The van der Waals surface area contributed by atoms with Gasteiger partial charge in [-0.1, -0.05) is 188 Å². The molecule has 13 aromatic carbocycles. The van der Waals surface area contributed by atoms with Gasteiger partial charge in [0.2, 0.25) is 0 Å². The van der Waals surface area contributed by atoms with Crippen LogP contribution in [0.5, 0.6) is 0 Å². The molecule has 0 atom stereocenters. The van der Waals surface area contributed by atoms with Crippen molar-refractivity contribution < 1.29 is 0 Å². The highest BCUT2D eigenvalue weighted by molar-refractivity contribution is 6.37. The maximum atomic E-state index is 2.47. The van der Waals surface area contributed by atoms with Gasteiger partial charge in [0.15, 0.2) is 0 Å². The van der Waals surface area contributed by atoms with Gasteiger partial charge < -0.3 is 0 Å². The first-order valence-electron chi connectivity index (χ1n) is 20.3. The van der Waals surface area contributed by atoms with E-state index in [0.717, 1.165) is 0 Å². The molecule has 0 saturated carbocycles. The van der Waals surface area contributed by atoms with Crippen molar-refractivity contribution in [2.45, 2.75) is 0 Å². The van der Waals surface area contributed by atoms with Gasteiger partial charge in [-0.3, -0.25) is 0 Å². The molecule has 0 aliphatic rings. The monoisotopic (exact) mass is 730 g/mol. The van der Waals surface area contributed by atoms with Gasteiger partial charge in [0.1, 0.15) is 0 Å². The van der Waals surface area contributed by atoms with Crippen molar-refractivity contribution in [3.8, 4) is 33.4 Å². The first kappa shape index (κ1) is 31.6. The second-order valence-corrected chi connectivity index (χ2v) is 15.9. The minimum absolute atomic E-state index is 1.21. The Morgan fingerprint density at radius 3 is 1.22 bits per heavy atom. The van der Waals surface area contributed by atoms with Crippen LogP contribution in [-0.2, 0) is 0 Å². The van der Waals surface area contributed by atoms with Crippen molar-refractivity contribution in [1.29, 1.82) is 0 Å². The fourth-order valence-corrected chi connectivity index (χ4v) is 10.5. The summed E-state index contributed by atoms with van der Waals surface area (Å²) < 4.78 is 0. The van der Waals surface area contributed by atoms with E-state index >= 15 is 0 Å². The molecule has 0 heteroatoms. The second-order valence-electron chi connectivity index (χ2n) is 15.9. The predicted molar refractivity (Wildman–Crippen MR) is 251 cm³/mol. The van der Waals surface area contributed by atoms with Crippen LogP contribution in [0.25, 0.3) is 130 Å². The Hall–Kier alpha value is -7.54. The van der Waals surface area contributed by atoms with Crippen LogP contribution in [0.1, 0.15) is 0 Å². The fraction of sp³-hybridized carbons (Fsp3) is 0. The molecule has 0 spiro atoms. The Balaban J connectivity index is 1.11. The zero-order valence-electron chi connectivity index (χ0n) is 31.6. The lowest BCUT2D eigenvalue weighted by molar-refractivity contribution is 1.64. The van der Waals surface area contributed by atoms with Gasteiger partial charge >= 0.3 is 0 Å². The SMILES string of the molecule is c1cc(-c2cc3ccc4cccc5c6cccc7ccc8cccc(c(c2)c3c45)c8c76)cc(-c2c3ccccc3c(-c3cccc4ccccc34)c3ccccc23)c1. The number of hydrogen-bond donors (Lipinski definition) is 0. The topological polar surface area (TPSA) is 0 Å². The van der Waals surface area contributed by atoms with Crippen molar-refractivity contribution in [1.82, 2.24) is 0 Å². The van der Waals surface area contributed by atoms with E-state index in [1.54, 1.807) is 0 Å². The van der Waals surface area contributed by atoms with Crippen LogP contribution in [0.2, 0.25) is 0 Å². The highest BCUT2D eigenvalue weighted by Gasteiger charge is 2.20. The molecule has 0 amide bonds. The summed E-state index contributed by atoms with van der Waals surface area (Å²) in [6, 6.07) is 77.3. The smallest absolute Gasteiger partial charge is 0.00199 e. The second kappa shape index (κ2) is 12.0. The van der Waals surface area contributed by atoms with Crippen LogP contribution in [-0.4, -0.2) is 0 Å². The van der Waals surface area contributed by atoms with E-state index < -0.39 is 0 Å². The Morgan fingerprint density at radius 2 is 0.603 bits per heavy atom. The summed E-state index contributed by atoms with van der Waals surface area (Å²) in [6.45, 7) is 0. The van der Waals surface area contributed by atoms with E-state index in [2.05, 4.69) is 206 Å². The molecule has 13 rings (SSSR count). The molecule has 0 bridgehead atoms. The van der Waals surface area contributed by atoms with Crippen molar-refractivity contribution in [3.63, 3.8) is 0 Å². The highest BCUT2D eigenvalue weighted by Crippen LogP contribution is 2.47. The van der Waals surface area contributed by atoms with Gasteiger partial charge in [0.25, 0.3) is 0 Å². The van der Waals surface area contributed by atoms with E-state index in [0.29, 0.717) is 0 Å². The zero-order valence-corrected chi connectivity index (χ0v) is 31.6. The third-order valence-electron chi connectivity index (χ3n) is 12.9. The Bertz CT molecular complexity index is 3780. The average Bonchev–Trinajstić information content (AvgIpc) is 3.29. The van der Waals surface area contributed by atoms with E-state index in [9.17, 15) is 0 Å². The minimum Gasteiger partial charge on any atom is -0.0616 e. The lowest BCUT2D eigenvalue weighted by Crippen LogP contribution is -1.92. The van der Waals surface area contributed by atoms with Gasteiger partial charge in [-0.15, -0.1) is 0 Å². The lowest BCUT2D eigenvalue weighted by Gasteiger charge is -2.19. The summed E-state index contributed by atoms with van der Waals surface area (Å²) in [6.07, 6.45) is 0. The zero-order chi connectivity index (χ0) is 37.9. The maximum absolute atomic E-state index is 2.47. The third-order valence-corrected chi connectivity index (χ3v) is 12.9. The van der Waals surface area contributed by atoms with Gasteiger partial charge in [0.05, 0.1) is 0 Å². The van der Waals surface area contributed by atoms with Gasteiger partial charge in [-0.05, 0) is 149 Å². The highest BCUT2D eigenvalue weighted by atomic mass is 14.2. The van der Waals surface area contributed by atoms with Crippen LogP contribution in [0.15, 0.2) is 206 Å².